The molecule has 96 valence electrons. The Morgan fingerprint density at radius 3 is 2.50 bits per heavy atom. The van der Waals surface area contributed by atoms with E-state index in [0.717, 1.165) is 12.1 Å². The number of carbonyl (C=O) groups excluding carboxylic acids is 2. The molecule has 0 saturated heterocycles. The highest BCUT2D eigenvalue weighted by Gasteiger charge is 2.38. The zero-order valence-corrected chi connectivity index (χ0v) is 10.2. The summed E-state index contributed by atoms with van der Waals surface area (Å²) < 4.78 is 5.12. The third kappa shape index (κ3) is 3.23. The van der Waals surface area contributed by atoms with Crippen LogP contribution in [0.1, 0.15) is 13.3 Å². The van der Waals surface area contributed by atoms with Gasteiger partial charge in [0, 0.05) is 11.6 Å². The van der Waals surface area contributed by atoms with Crippen LogP contribution in [0.5, 0.6) is 5.75 Å². The summed E-state index contributed by atoms with van der Waals surface area (Å²) in [5.74, 6) is 0.731. The number of benzene rings is 1. The molecule has 1 fully saturated rings. The van der Waals surface area contributed by atoms with Crippen LogP contribution in [0.2, 0.25) is 0 Å². The van der Waals surface area contributed by atoms with Crippen LogP contribution in [-0.2, 0) is 9.59 Å². The Balaban J connectivity index is 1.87. The van der Waals surface area contributed by atoms with Gasteiger partial charge >= 0.3 is 0 Å². The van der Waals surface area contributed by atoms with E-state index in [1.165, 1.54) is 0 Å². The van der Waals surface area contributed by atoms with Crippen LogP contribution in [0.4, 0.5) is 5.69 Å². The lowest BCUT2D eigenvalue weighted by Gasteiger charge is -2.06. The molecule has 1 saturated carbocycles. The monoisotopic (exact) mass is 248 g/mol. The summed E-state index contributed by atoms with van der Waals surface area (Å²) in [6.45, 7) is 1.91. The van der Waals surface area contributed by atoms with Crippen molar-refractivity contribution in [2.45, 2.75) is 13.3 Å². The summed E-state index contributed by atoms with van der Waals surface area (Å²) in [6.07, 6.45) is 0.964. The average molecular weight is 248 g/mol. The highest BCUT2D eigenvalue weighted by Crippen LogP contribution is 2.38. The van der Waals surface area contributed by atoms with Crippen molar-refractivity contribution in [2.24, 2.45) is 17.6 Å². The molecule has 2 amide bonds. The number of hydrogen-bond donors (Lipinski definition) is 2. The molecular formula is C13H16N2O3. The lowest BCUT2D eigenvalue weighted by Crippen LogP contribution is -2.20. The molecule has 0 spiro atoms. The van der Waals surface area contributed by atoms with Crippen LogP contribution in [0.3, 0.4) is 0 Å². The number of rotatable bonds is 5. The summed E-state index contributed by atoms with van der Waals surface area (Å²) in [7, 11) is 0. The minimum Gasteiger partial charge on any atom is -0.484 e. The number of nitrogens with two attached hydrogens (primary N) is 1. The van der Waals surface area contributed by atoms with E-state index in [-0.39, 0.29) is 18.4 Å². The van der Waals surface area contributed by atoms with E-state index in [9.17, 15) is 9.59 Å². The van der Waals surface area contributed by atoms with Crippen molar-refractivity contribution < 1.29 is 14.3 Å². The predicted octanol–water partition coefficient (Wildman–Crippen LogP) is 1.15. The van der Waals surface area contributed by atoms with Gasteiger partial charge in [0.05, 0.1) is 0 Å². The Bertz CT molecular complexity index is 456. The first kappa shape index (κ1) is 12.4. The van der Waals surface area contributed by atoms with E-state index in [4.69, 9.17) is 10.5 Å². The van der Waals surface area contributed by atoms with Gasteiger partial charge in [-0.15, -0.1) is 0 Å². The molecule has 1 aliphatic carbocycles. The first-order valence-corrected chi connectivity index (χ1v) is 5.88. The summed E-state index contributed by atoms with van der Waals surface area (Å²) >= 11 is 0. The molecule has 5 nitrogen and oxygen atoms in total. The largest absolute Gasteiger partial charge is 0.484 e. The van der Waals surface area contributed by atoms with Crippen molar-refractivity contribution in [2.75, 3.05) is 11.9 Å². The van der Waals surface area contributed by atoms with Gasteiger partial charge < -0.3 is 15.8 Å². The highest BCUT2D eigenvalue weighted by atomic mass is 16.5. The molecule has 18 heavy (non-hydrogen) atoms. The molecule has 3 N–H and O–H groups in total. The maximum atomic E-state index is 11.7. The van der Waals surface area contributed by atoms with Crippen LogP contribution in [0.15, 0.2) is 24.3 Å². The lowest BCUT2D eigenvalue weighted by molar-refractivity contribution is -0.120. The molecular weight excluding hydrogens is 232 g/mol. The number of hydrogen-bond acceptors (Lipinski definition) is 3. The fraction of sp³-hybridized carbons (Fsp3) is 0.385. The van der Waals surface area contributed by atoms with Crippen molar-refractivity contribution >= 4 is 17.5 Å². The molecule has 0 unspecified atom stereocenters. The zero-order valence-electron chi connectivity index (χ0n) is 10.2. The number of amides is 2. The fourth-order valence-corrected chi connectivity index (χ4v) is 1.71. The van der Waals surface area contributed by atoms with Crippen LogP contribution in [0.25, 0.3) is 0 Å². The standard InChI is InChI=1S/C13H16N2O3/c1-8-6-11(8)13(17)15-9-2-4-10(5-3-9)18-7-12(14)16/h2-5,8,11H,6-7H2,1H3,(H2,14,16)(H,15,17)/t8-,11-/m0/s1. The van der Waals surface area contributed by atoms with Gasteiger partial charge in [-0.05, 0) is 36.6 Å². The number of nitrogens with one attached hydrogen (secondary N) is 1. The van der Waals surface area contributed by atoms with Crippen LogP contribution < -0.4 is 15.8 Å². The topological polar surface area (TPSA) is 81.4 Å². The molecule has 1 aliphatic rings. The molecule has 1 aromatic rings. The first-order valence-electron chi connectivity index (χ1n) is 5.88. The Labute approximate surface area is 105 Å². The molecule has 0 aromatic heterocycles. The zero-order chi connectivity index (χ0) is 13.1. The van der Waals surface area contributed by atoms with Crippen molar-refractivity contribution in [1.29, 1.82) is 0 Å². The summed E-state index contributed by atoms with van der Waals surface area (Å²) in [5, 5.41) is 2.84. The summed E-state index contributed by atoms with van der Waals surface area (Å²) in [5.41, 5.74) is 5.70. The SMILES string of the molecule is C[C@H]1C[C@@H]1C(=O)Nc1ccc(OCC(N)=O)cc1. The van der Waals surface area contributed by atoms with Gasteiger partial charge in [-0.25, -0.2) is 0 Å². The molecule has 0 heterocycles. The molecule has 0 bridgehead atoms. The first-order chi connectivity index (χ1) is 8.56. The van der Waals surface area contributed by atoms with Gasteiger partial charge in [0.25, 0.3) is 5.91 Å². The normalized spacial score (nSPS) is 21.2. The fourth-order valence-electron chi connectivity index (χ4n) is 1.71. The van der Waals surface area contributed by atoms with Crippen molar-refractivity contribution in [3.05, 3.63) is 24.3 Å². The second-order valence-electron chi connectivity index (χ2n) is 4.59. The highest BCUT2D eigenvalue weighted by molar-refractivity contribution is 5.94. The van der Waals surface area contributed by atoms with E-state index < -0.39 is 5.91 Å². The minimum absolute atomic E-state index is 0.0632. The maximum absolute atomic E-state index is 11.7. The van der Waals surface area contributed by atoms with Crippen molar-refractivity contribution in [3.63, 3.8) is 0 Å². The van der Waals surface area contributed by atoms with E-state index in [1.54, 1.807) is 24.3 Å². The van der Waals surface area contributed by atoms with Crippen molar-refractivity contribution in [3.8, 4) is 5.75 Å². The maximum Gasteiger partial charge on any atom is 0.255 e. The minimum atomic E-state index is -0.518. The van der Waals surface area contributed by atoms with Gasteiger partial charge in [0.2, 0.25) is 5.91 Å². The van der Waals surface area contributed by atoms with Gasteiger partial charge in [-0.1, -0.05) is 6.92 Å². The second-order valence-corrected chi connectivity index (χ2v) is 4.59. The van der Waals surface area contributed by atoms with Crippen molar-refractivity contribution in [1.82, 2.24) is 0 Å². The number of anilines is 1. The van der Waals surface area contributed by atoms with Gasteiger partial charge in [0.15, 0.2) is 6.61 Å². The molecule has 1 aromatic carbocycles. The Hall–Kier alpha value is -2.04. The van der Waals surface area contributed by atoms with Gasteiger partial charge in [-0.3, -0.25) is 9.59 Å². The van der Waals surface area contributed by atoms with Gasteiger partial charge in [-0.2, -0.15) is 0 Å². The molecule has 5 heteroatoms. The quantitative estimate of drug-likeness (QED) is 0.820. The van der Waals surface area contributed by atoms with E-state index >= 15 is 0 Å². The molecule has 2 atom stereocenters. The average Bonchev–Trinajstić information content (AvgIpc) is 3.05. The Morgan fingerprint density at radius 2 is 2.00 bits per heavy atom. The number of carbonyl (C=O) groups is 2. The van der Waals surface area contributed by atoms with Gasteiger partial charge in [0.1, 0.15) is 5.75 Å². The van der Waals surface area contributed by atoms with E-state index in [0.29, 0.717) is 11.7 Å². The van der Waals surface area contributed by atoms with Crippen LogP contribution >= 0.6 is 0 Å². The second kappa shape index (κ2) is 5.08. The van der Waals surface area contributed by atoms with E-state index in [1.807, 2.05) is 0 Å². The summed E-state index contributed by atoms with van der Waals surface area (Å²) in [4.78, 5) is 22.2. The molecule has 0 radical (unpaired) electrons. The van der Waals surface area contributed by atoms with E-state index in [2.05, 4.69) is 12.2 Å². The third-order valence-electron chi connectivity index (χ3n) is 2.95. The van der Waals surface area contributed by atoms with Crippen LogP contribution in [-0.4, -0.2) is 18.4 Å². The predicted molar refractivity (Wildman–Crippen MR) is 67.0 cm³/mol. The third-order valence-corrected chi connectivity index (χ3v) is 2.95. The Morgan fingerprint density at radius 1 is 1.39 bits per heavy atom. The molecule has 0 aliphatic heterocycles. The lowest BCUT2D eigenvalue weighted by atomic mass is 10.2. The Kier molecular flexibility index (Phi) is 3.50. The number of ether oxygens (including phenoxy) is 1. The smallest absolute Gasteiger partial charge is 0.255 e. The summed E-state index contributed by atoms with van der Waals surface area (Å²) in [6, 6.07) is 6.85. The van der Waals surface area contributed by atoms with Crippen LogP contribution in [0, 0.1) is 11.8 Å². The number of primary amides is 1. The molecule has 2 rings (SSSR count).